The van der Waals surface area contributed by atoms with Gasteiger partial charge in [0.25, 0.3) is 0 Å². The van der Waals surface area contributed by atoms with Crippen molar-refractivity contribution < 1.29 is 15.0 Å². The van der Waals surface area contributed by atoms with Gasteiger partial charge in [0.15, 0.2) is 0 Å². The third-order valence-electron chi connectivity index (χ3n) is 3.56. The number of carbonyl (C=O) groups is 1. The smallest absolute Gasteiger partial charge is 0.303 e. The molecule has 0 spiro atoms. The van der Waals surface area contributed by atoms with Gasteiger partial charge in [-0.1, -0.05) is 0 Å². The van der Waals surface area contributed by atoms with E-state index >= 15 is 0 Å². The molecule has 1 fully saturated rings. The third kappa shape index (κ3) is 4.33. The van der Waals surface area contributed by atoms with E-state index in [4.69, 9.17) is 10.2 Å². The normalized spacial score (nSPS) is 19.9. The second kappa shape index (κ2) is 6.68. The molecule has 6 nitrogen and oxygen atoms in total. The molecule has 0 aliphatic carbocycles. The van der Waals surface area contributed by atoms with Crippen LogP contribution >= 0.6 is 0 Å². The Hall–Kier alpha value is -1.40. The number of aliphatic carboxylic acids is 1. The van der Waals surface area contributed by atoms with E-state index in [0.717, 1.165) is 38.0 Å². The van der Waals surface area contributed by atoms with E-state index in [9.17, 15) is 4.79 Å². The summed E-state index contributed by atoms with van der Waals surface area (Å²) in [6.07, 6.45) is 5.92. The summed E-state index contributed by atoms with van der Waals surface area (Å²) in [4.78, 5) is 12.9. The Bertz CT molecular complexity index is 419. The number of aromatic nitrogens is 2. The predicted molar refractivity (Wildman–Crippen MR) is 69.6 cm³/mol. The van der Waals surface area contributed by atoms with E-state index in [1.54, 1.807) is 4.68 Å². The topological polar surface area (TPSA) is 78.6 Å². The van der Waals surface area contributed by atoms with Crippen molar-refractivity contribution in [3.05, 3.63) is 18.0 Å². The van der Waals surface area contributed by atoms with Crippen LogP contribution < -0.4 is 0 Å². The van der Waals surface area contributed by atoms with E-state index in [1.807, 2.05) is 12.4 Å². The van der Waals surface area contributed by atoms with Gasteiger partial charge in [-0.2, -0.15) is 5.10 Å². The van der Waals surface area contributed by atoms with Crippen molar-refractivity contribution in [1.82, 2.24) is 14.7 Å². The van der Waals surface area contributed by atoms with Gasteiger partial charge in [0, 0.05) is 31.3 Å². The van der Waals surface area contributed by atoms with Crippen molar-refractivity contribution in [2.45, 2.75) is 32.4 Å². The fourth-order valence-corrected chi connectivity index (χ4v) is 2.59. The SMILES string of the molecule is O=C(O)CCC1CCN(Cc2cnn(CCO)c2)C1. The van der Waals surface area contributed by atoms with Crippen LogP contribution in [0.1, 0.15) is 24.8 Å². The van der Waals surface area contributed by atoms with Crippen LogP contribution in [0.15, 0.2) is 12.4 Å². The molecule has 2 rings (SSSR count). The maximum atomic E-state index is 10.5. The number of likely N-dealkylation sites (tertiary alicyclic amines) is 1. The highest BCUT2D eigenvalue weighted by molar-refractivity contribution is 5.66. The van der Waals surface area contributed by atoms with Gasteiger partial charge in [-0.3, -0.25) is 14.4 Å². The minimum atomic E-state index is -0.705. The standard InChI is InChI=1S/C13H21N3O3/c17-6-5-16-10-12(7-14-16)9-15-4-3-11(8-15)1-2-13(18)19/h7,10-11,17H,1-6,8-9H2,(H,18,19). The first kappa shape index (κ1) is 14.0. The monoisotopic (exact) mass is 267 g/mol. The van der Waals surface area contributed by atoms with Crippen molar-refractivity contribution in [1.29, 1.82) is 0 Å². The molecule has 2 heterocycles. The van der Waals surface area contributed by atoms with Crippen molar-refractivity contribution in [3.63, 3.8) is 0 Å². The summed E-state index contributed by atoms with van der Waals surface area (Å²) in [5, 5.41) is 21.7. The van der Waals surface area contributed by atoms with Crippen molar-refractivity contribution in [3.8, 4) is 0 Å². The first-order valence-electron chi connectivity index (χ1n) is 6.73. The Kier molecular flexibility index (Phi) is 4.93. The average Bonchev–Trinajstić information content (AvgIpc) is 2.98. The minimum absolute atomic E-state index is 0.0993. The molecule has 0 amide bonds. The van der Waals surface area contributed by atoms with Crippen LogP contribution in [0, 0.1) is 5.92 Å². The Morgan fingerprint density at radius 1 is 1.53 bits per heavy atom. The molecule has 0 bridgehead atoms. The fourth-order valence-electron chi connectivity index (χ4n) is 2.59. The van der Waals surface area contributed by atoms with Gasteiger partial charge in [0.05, 0.1) is 19.3 Å². The average molecular weight is 267 g/mol. The van der Waals surface area contributed by atoms with Gasteiger partial charge >= 0.3 is 5.97 Å². The lowest BCUT2D eigenvalue weighted by Gasteiger charge is -2.14. The molecule has 1 unspecified atom stereocenters. The minimum Gasteiger partial charge on any atom is -0.481 e. The number of aliphatic hydroxyl groups excluding tert-OH is 1. The zero-order valence-corrected chi connectivity index (χ0v) is 11.0. The zero-order valence-electron chi connectivity index (χ0n) is 11.0. The number of carboxylic acids is 1. The molecule has 19 heavy (non-hydrogen) atoms. The lowest BCUT2D eigenvalue weighted by atomic mass is 10.0. The second-order valence-electron chi connectivity index (χ2n) is 5.16. The lowest BCUT2D eigenvalue weighted by Crippen LogP contribution is -2.20. The summed E-state index contributed by atoms with van der Waals surface area (Å²) in [5.41, 5.74) is 1.15. The van der Waals surface area contributed by atoms with Crippen LogP contribution in [0.2, 0.25) is 0 Å². The van der Waals surface area contributed by atoms with Crippen molar-refractivity contribution >= 4 is 5.97 Å². The highest BCUT2D eigenvalue weighted by Crippen LogP contribution is 2.22. The summed E-state index contributed by atoms with van der Waals surface area (Å²) in [6, 6.07) is 0. The van der Waals surface area contributed by atoms with Gasteiger partial charge < -0.3 is 10.2 Å². The molecule has 1 aliphatic heterocycles. The van der Waals surface area contributed by atoms with Crippen molar-refractivity contribution in [2.75, 3.05) is 19.7 Å². The van der Waals surface area contributed by atoms with Crippen LogP contribution in [0.5, 0.6) is 0 Å². The van der Waals surface area contributed by atoms with E-state index in [1.165, 1.54) is 0 Å². The molecule has 0 radical (unpaired) electrons. The van der Waals surface area contributed by atoms with Gasteiger partial charge in [-0.15, -0.1) is 0 Å². The summed E-state index contributed by atoms with van der Waals surface area (Å²) >= 11 is 0. The number of aliphatic hydroxyl groups is 1. The van der Waals surface area contributed by atoms with E-state index in [2.05, 4.69) is 10.00 Å². The van der Waals surface area contributed by atoms with Crippen LogP contribution in [0.3, 0.4) is 0 Å². The number of rotatable bonds is 7. The van der Waals surface area contributed by atoms with Crippen LogP contribution in [0.25, 0.3) is 0 Å². The molecule has 106 valence electrons. The molecular weight excluding hydrogens is 246 g/mol. The third-order valence-corrected chi connectivity index (χ3v) is 3.56. The summed E-state index contributed by atoms with van der Waals surface area (Å²) in [7, 11) is 0. The molecule has 1 atom stereocenters. The molecule has 0 saturated carbocycles. The molecule has 1 aliphatic rings. The molecule has 1 aromatic heterocycles. The number of hydrogen-bond donors (Lipinski definition) is 2. The highest BCUT2D eigenvalue weighted by Gasteiger charge is 2.23. The molecule has 6 heteroatoms. The van der Waals surface area contributed by atoms with Gasteiger partial charge in [0.2, 0.25) is 0 Å². The van der Waals surface area contributed by atoms with E-state index < -0.39 is 5.97 Å². The highest BCUT2D eigenvalue weighted by atomic mass is 16.4. The summed E-state index contributed by atoms with van der Waals surface area (Å²) < 4.78 is 1.74. The Morgan fingerprint density at radius 3 is 3.11 bits per heavy atom. The van der Waals surface area contributed by atoms with E-state index in [0.29, 0.717) is 12.5 Å². The summed E-state index contributed by atoms with van der Waals surface area (Å²) in [5.74, 6) is -0.202. The molecule has 2 N–H and O–H groups in total. The van der Waals surface area contributed by atoms with Crippen LogP contribution in [-0.2, 0) is 17.9 Å². The van der Waals surface area contributed by atoms with E-state index in [-0.39, 0.29) is 13.0 Å². The van der Waals surface area contributed by atoms with Crippen LogP contribution in [0.4, 0.5) is 0 Å². The van der Waals surface area contributed by atoms with Crippen LogP contribution in [-0.4, -0.2) is 50.6 Å². The maximum absolute atomic E-state index is 10.5. The molecule has 1 aromatic rings. The Morgan fingerprint density at radius 2 is 2.37 bits per heavy atom. The zero-order chi connectivity index (χ0) is 13.7. The summed E-state index contributed by atoms with van der Waals surface area (Å²) in [6.45, 7) is 3.48. The fraction of sp³-hybridized carbons (Fsp3) is 0.692. The van der Waals surface area contributed by atoms with Gasteiger partial charge in [0.1, 0.15) is 0 Å². The number of carboxylic acid groups (broad SMARTS) is 1. The quantitative estimate of drug-likeness (QED) is 0.755. The lowest BCUT2D eigenvalue weighted by molar-refractivity contribution is -0.137. The largest absolute Gasteiger partial charge is 0.481 e. The Labute approximate surface area is 112 Å². The predicted octanol–water partition coefficient (Wildman–Crippen LogP) is 0.562. The number of nitrogens with zero attached hydrogens (tertiary/aromatic N) is 3. The maximum Gasteiger partial charge on any atom is 0.303 e. The van der Waals surface area contributed by atoms with Gasteiger partial charge in [-0.25, -0.2) is 0 Å². The molecule has 0 aromatic carbocycles. The Balaban J connectivity index is 1.76. The second-order valence-corrected chi connectivity index (χ2v) is 5.16. The first-order valence-corrected chi connectivity index (χ1v) is 6.73. The number of hydrogen-bond acceptors (Lipinski definition) is 4. The molecule has 1 saturated heterocycles. The van der Waals surface area contributed by atoms with Crippen molar-refractivity contribution in [2.24, 2.45) is 5.92 Å². The first-order chi connectivity index (χ1) is 9.17. The van der Waals surface area contributed by atoms with Gasteiger partial charge in [-0.05, 0) is 25.3 Å². The molecular formula is C13H21N3O3.